The average molecular weight is 429 g/mol. The summed E-state index contributed by atoms with van der Waals surface area (Å²) in [6.07, 6.45) is 5.36. The van der Waals surface area contributed by atoms with Gasteiger partial charge in [0, 0.05) is 35.9 Å². The van der Waals surface area contributed by atoms with Gasteiger partial charge in [0.05, 0.1) is 17.6 Å². The van der Waals surface area contributed by atoms with Gasteiger partial charge in [-0.05, 0) is 31.0 Å². The van der Waals surface area contributed by atoms with Gasteiger partial charge in [0.1, 0.15) is 10.0 Å². The summed E-state index contributed by atoms with van der Waals surface area (Å²) in [5.74, 6) is -0.366. The van der Waals surface area contributed by atoms with E-state index in [-0.39, 0.29) is 17.6 Å². The molecule has 3 aromatic rings. The summed E-state index contributed by atoms with van der Waals surface area (Å²) in [5, 5.41) is 4.57. The van der Waals surface area contributed by atoms with Crippen LogP contribution in [0, 0.1) is 0 Å². The molecule has 2 aromatic heterocycles. The summed E-state index contributed by atoms with van der Waals surface area (Å²) in [6, 6.07) is 9.26. The van der Waals surface area contributed by atoms with Crippen molar-refractivity contribution in [2.45, 2.75) is 18.9 Å². The van der Waals surface area contributed by atoms with Gasteiger partial charge in [-0.2, -0.15) is 0 Å². The molecule has 1 unspecified atom stereocenters. The lowest BCUT2D eigenvalue weighted by molar-refractivity contribution is 0.102. The molecule has 5 N–H and O–H groups in total. The van der Waals surface area contributed by atoms with Gasteiger partial charge in [0.2, 0.25) is 0 Å². The molecule has 1 aliphatic rings. The fraction of sp³-hybridized carbons (Fsp3) is 0.250. The maximum atomic E-state index is 12.9. The summed E-state index contributed by atoms with van der Waals surface area (Å²) in [7, 11) is 0. The molecule has 1 fully saturated rings. The Morgan fingerprint density at radius 2 is 2.07 bits per heavy atom. The molecule has 4 rings (SSSR count). The standard InChI is InChI=1S/C20H21ClN6OS/c21-13-5-3-12(4-6-13)20-26-17(18(23)29-20)19(28)25-15-10-24-8-7-16(15)27-9-1-2-14(22)11-27/h3-8,10,14H,1-2,9,11,22-23H2,(H,25,28). The minimum atomic E-state index is -0.366. The molecule has 0 bridgehead atoms. The van der Waals surface area contributed by atoms with Gasteiger partial charge in [-0.25, -0.2) is 4.98 Å². The van der Waals surface area contributed by atoms with Gasteiger partial charge in [0.25, 0.3) is 5.91 Å². The highest BCUT2D eigenvalue weighted by Gasteiger charge is 2.22. The van der Waals surface area contributed by atoms with Crippen LogP contribution in [0.15, 0.2) is 42.7 Å². The molecule has 0 radical (unpaired) electrons. The van der Waals surface area contributed by atoms with Crippen molar-refractivity contribution in [2.24, 2.45) is 5.73 Å². The highest BCUT2D eigenvalue weighted by Crippen LogP contribution is 2.32. The van der Waals surface area contributed by atoms with Crippen LogP contribution in [0.5, 0.6) is 0 Å². The van der Waals surface area contributed by atoms with E-state index in [9.17, 15) is 4.79 Å². The molecular formula is C20H21ClN6OS. The highest BCUT2D eigenvalue weighted by molar-refractivity contribution is 7.19. The van der Waals surface area contributed by atoms with Crippen LogP contribution in [0.2, 0.25) is 5.02 Å². The zero-order valence-electron chi connectivity index (χ0n) is 15.6. The molecule has 1 saturated heterocycles. The van der Waals surface area contributed by atoms with Gasteiger partial charge >= 0.3 is 0 Å². The van der Waals surface area contributed by atoms with Crippen molar-refractivity contribution in [2.75, 3.05) is 29.0 Å². The number of aromatic nitrogens is 2. The van der Waals surface area contributed by atoms with Gasteiger partial charge in [-0.1, -0.05) is 35.1 Å². The fourth-order valence-corrected chi connectivity index (χ4v) is 4.34. The second kappa shape index (κ2) is 8.36. The van der Waals surface area contributed by atoms with Crippen molar-refractivity contribution in [3.8, 4) is 10.6 Å². The second-order valence-electron chi connectivity index (χ2n) is 6.93. The Morgan fingerprint density at radius 1 is 1.28 bits per heavy atom. The monoisotopic (exact) mass is 428 g/mol. The van der Waals surface area contributed by atoms with Crippen LogP contribution < -0.4 is 21.7 Å². The maximum absolute atomic E-state index is 12.9. The van der Waals surface area contributed by atoms with Crippen LogP contribution in [-0.2, 0) is 0 Å². The SMILES string of the molecule is Nc1sc(-c2ccc(Cl)cc2)nc1C(=O)Nc1cnccc1N1CCCC(N)C1. The van der Waals surface area contributed by atoms with Crippen molar-refractivity contribution in [3.63, 3.8) is 0 Å². The van der Waals surface area contributed by atoms with Crippen molar-refractivity contribution < 1.29 is 4.79 Å². The molecule has 0 aliphatic carbocycles. The Hall–Kier alpha value is -2.68. The summed E-state index contributed by atoms with van der Waals surface area (Å²) in [5.41, 5.74) is 14.8. The lowest BCUT2D eigenvalue weighted by Gasteiger charge is -2.33. The predicted octanol–water partition coefficient (Wildman–Crippen LogP) is 3.62. The predicted molar refractivity (Wildman–Crippen MR) is 119 cm³/mol. The Kier molecular flexibility index (Phi) is 5.66. The number of nitrogens with one attached hydrogen (secondary N) is 1. The second-order valence-corrected chi connectivity index (χ2v) is 8.40. The number of carbonyl (C=O) groups is 1. The van der Waals surface area contributed by atoms with Gasteiger partial charge < -0.3 is 21.7 Å². The third-order valence-electron chi connectivity index (χ3n) is 4.80. The van der Waals surface area contributed by atoms with E-state index in [1.165, 1.54) is 11.3 Å². The first-order valence-corrected chi connectivity index (χ1v) is 10.5. The lowest BCUT2D eigenvalue weighted by Crippen LogP contribution is -2.43. The van der Waals surface area contributed by atoms with Crippen LogP contribution in [0.1, 0.15) is 23.3 Å². The number of nitrogens with two attached hydrogens (primary N) is 2. The zero-order valence-corrected chi connectivity index (χ0v) is 17.2. The van der Waals surface area contributed by atoms with E-state index in [4.69, 9.17) is 23.1 Å². The minimum Gasteiger partial charge on any atom is -0.389 e. The quantitative estimate of drug-likeness (QED) is 0.585. The molecule has 150 valence electrons. The molecule has 1 aromatic carbocycles. The van der Waals surface area contributed by atoms with E-state index >= 15 is 0 Å². The first kappa shape index (κ1) is 19.6. The van der Waals surface area contributed by atoms with Crippen molar-refractivity contribution in [1.29, 1.82) is 0 Å². The molecule has 7 nitrogen and oxygen atoms in total. The van der Waals surface area contributed by atoms with Crippen LogP contribution in [0.4, 0.5) is 16.4 Å². The first-order chi connectivity index (χ1) is 14.0. The first-order valence-electron chi connectivity index (χ1n) is 9.29. The zero-order chi connectivity index (χ0) is 20.4. The van der Waals surface area contributed by atoms with Crippen molar-refractivity contribution >= 4 is 45.2 Å². The van der Waals surface area contributed by atoms with Gasteiger partial charge in [0.15, 0.2) is 5.69 Å². The number of halogens is 1. The van der Waals surface area contributed by atoms with E-state index in [1.54, 1.807) is 24.5 Å². The minimum absolute atomic E-state index is 0.122. The molecular weight excluding hydrogens is 408 g/mol. The van der Waals surface area contributed by atoms with Gasteiger partial charge in [-0.3, -0.25) is 9.78 Å². The number of nitrogen functional groups attached to an aromatic ring is 1. The number of piperidine rings is 1. The summed E-state index contributed by atoms with van der Waals surface area (Å²) >= 11 is 7.21. The molecule has 1 amide bonds. The van der Waals surface area contributed by atoms with E-state index in [0.29, 0.717) is 20.7 Å². The van der Waals surface area contributed by atoms with E-state index in [0.717, 1.165) is 37.2 Å². The Bertz CT molecular complexity index is 1020. The number of thiazole rings is 1. The third-order valence-corrected chi connectivity index (χ3v) is 5.99. The maximum Gasteiger partial charge on any atom is 0.277 e. The molecule has 1 atom stereocenters. The van der Waals surface area contributed by atoms with E-state index in [2.05, 4.69) is 20.2 Å². The normalized spacial score (nSPS) is 16.6. The van der Waals surface area contributed by atoms with E-state index < -0.39 is 0 Å². The molecule has 1 aliphatic heterocycles. The molecule has 9 heteroatoms. The van der Waals surface area contributed by atoms with Gasteiger partial charge in [-0.15, -0.1) is 0 Å². The van der Waals surface area contributed by atoms with Crippen LogP contribution in [0.25, 0.3) is 10.6 Å². The molecule has 29 heavy (non-hydrogen) atoms. The topological polar surface area (TPSA) is 110 Å². The summed E-state index contributed by atoms with van der Waals surface area (Å²) < 4.78 is 0. The number of rotatable bonds is 4. The van der Waals surface area contributed by atoms with Crippen molar-refractivity contribution in [3.05, 3.63) is 53.4 Å². The van der Waals surface area contributed by atoms with E-state index in [1.807, 2.05) is 18.2 Å². The molecule has 0 spiro atoms. The number of pyridine rings is 1. The lowest BCUT2D eigenvalue weighted by atomic mass is 10.1. The number of amides is 1. The Morgan fingerprint density at radius 3 is 2.83 bits per heavy atom. The smallest absolute Gasteiger partial charge is 0.277 e. The van der Waals surface area contributed by atoms with Crippen molar-refractivity contribution in [1.82, 2.24) is 9.97 Å². The number of nitrogens with zero attached hydrogens (tertiary/aromatic N) is 3. The Balaban J connectivity index is 1.57. The molecule has 0 saturated carbocycles. The van der Waals surface area contributed by atoms with Crippen LogP contribution >= 0.6 is 22.9 Å². The number of hydrogen-bond acceptors (Lipinski definition) is 7. The van der Waals surface area contributed by atoms with Crippen LogP contribution in [0.3, 0.4) is 0 Å². The average Bonchev–Trinajstić information content (AvgIpc) is 3.11. The Labute approximate surface area is 177 Å². The number of carbonyl (C=O) groups excluding carboxylic acids is 1. The number of benzene rings is 1. The number of anilines is 3. The van der Waals surface area contributed by atoms with Crippen LogP contribution in [-0.4, -0.2) is 35.0 Å². The highest BCUT2D eigenvalue weighted by atomic mass is 35.5. The molecule has 3 heterocycles. The summed E-state index contributed by atoms with van der Waals surface area (Å²) in [6.45, 7) is 1.63. The summed E-state index contributed by atoms with van der Waals surface area (Å²) in [4.78, 5) is 23.7. The number of hydrogen-bond donors (Lipinski definition) is 3. The largest absolute Gasteiger partial charge is 0.389 e. The fourth-order valence-electron chi connectivity index (χ4n) is 3.38. The third kappa shape index (κ3) is 4.34.